The topological polar surface area (TPSA) is 0 Å². The molecule has 2 atom stereocenters. The van der Waals surface area contributed by atoms with E-state index in [1.54, 1.807) is 0 Å². The van der Waals surface area contributed by atoms with Gasteiger partial charge in [0.25, 0.3) is 0 Å². The fraction of sp³-hybridized carbons (Fsp3) is 1.00. The summed E-state index contributed by atoms with van der Waals surface area (Å²) in [7, 11) is 6.16. The Labute approximate surface area is 78.5 Å². The Kier molecular flexibility index (Phi) is 3.67. The first-order valence-corrected chi connectivity index (χ1v) is 5.39. The minimum absolute atomic E-state index is 0.129. The van der Waals surface area contributed by atoms with E-state index in [0.29, 0.717) is 0 Å². The van der Waals surface area contributed by atoms with Crippen LogP contribution >= 0.6 is 0 Å². The lowest BCUT2D eigenvalue weighted by atomic mass is 9.64. The Morgan fingerprint density at radius 2 is 1.67 bits per heavy atom. The number of rotatable bonds is 0. The second-order valence-corrected chi connectivity index (χ2v) is 4.90. The van der Waals surface area contributed by atoms with E-state index in [1.807, 2.05) is 0 Å². The van der Waals surface area contributed by atoms with Crippen LogP contribution in [-0.4, -0.2) is 7.85 Å². The third kappa shape index (κ3) is 3.64. The van der Waals surface area contributed by atoms with Gasteiger partial charge in [-0.2, -0.15) is 0 Å². The highest BCUT2D eigenvalue weighted by molar-refractivity contribution is 6.14. The molecular weight excluding hydrogens is 143 g/mol. The molecule has 1 aliphatic rings. The molecule has 12 heavy (non-hydrogen) atoms. The van der Waals surface area contributed by atoms with Crippen LogP contribution in [0.1, 0.15) is 58.8 Å². The highest BCUT2D eigenvalue weighted by atomic mass is 14.2. The van der Waals surface area contributed by atoms with Crippen molar-refractivity contribution in [2.45, 2.75) is 64.1 Å². The standard InChI is InChI=1S/C11H21B/c1-10-6-3-4-8-11(2,12)9-5-7-10/h10H,3-9H2,1-2H3. The average Bonchev–Trinajstić information content (AvgIpc) is 2.02. The van der Waals surface area contributed by atoms with Crippen molar-refractivity contribution in [3.63, 3.8) is 0 Å². The van der Waals surface area contributed by atoms with Gasteiger partial charge < -0.3 is 0 Å². The van der Waals surface area contributed by atoms with E-state index in [4.69, 9.17) is 7.85 Å². The van der Waals surface area contributed by atoms with Gasteiger partial charge in [0.1, 0.15) is 0 Å². The van der Waals surface area contributed by atoms with E-state index in [1.165, 1.54) is 44.9 Å². The van der Waals surface area contributed by atoms with Crippen LogP contribution < -0.4 is 0 Å². The smallest absolute Gasteiger partial charge is 0.0688 e. The summed E-state index contributed by atoms with van der Waals surface area (Å²) in [5.41, 5.74) is 0. The second-order valence-electron chi connectivity index (χ2n) is 4.90. The van der Waals surface area contributed by atoms with Gasteiger partial charge in [-0.05, 0) is 5.92 Å². The first kappa shape index (κ1) is 10.1. The van der Waals surface area contributed by atoms with Crippen molar-refractivity contribution in [1.29, 1.82) is 0 Å². The maximum Gasteiger partial charge on any atom is 0.0742 e. The molecule has 68 valence electrons. The van der Waals surface area contributed by atoms with E-state index in [-0.39, 0.29) is 5.31 Å². The lowest BCUT2D eigenvalue weighted by Gasteiger charge is -2.24. The maximum absolute atomic E-state index is 6.16. The SMILES string of the molecule is [B]C1(C)CCCCC(C)CCC1. The van der Waals surface area contributed by atoms with E-state index in [2.05, 4.69) is 13.8 Å². The zero-order valence-electron chi connectivity index (χ0n) is 8.60. The molecule has 0 amide bonds. The molecule has 1 aliphatic carbocycles. The number of hydrogen-bond donors (Lipinski definition) is 0. The fourth-order valence-corrected chi connectivity index (χ4v) is 2.15. The van der Waals surface area contributed by atoms with E-state index in [9.17, 15) is 0 Å². The summed E-state index contributed by atoms with van der Waals surface area (Å²) < 4.78 is 0. The molecule has 0 nitrogen and oxygen atoms in total. The lowest BCUT2D eigenvalue weighted by Crippen LogP contribution is -2.07. The van der Waals surface area contributed by atoms with Crippen LogP contribution in [0.4, 0.5) is 0 Å². The molecule has 1 heteroatoms. The summed E-state index contributed by atoms with van der Waals surface area (Å²) in [6.45, 7) is 4.59. The van der Waals surface area contributed by atoms with Crippen molar-refractivity contribution in [3.05, 3.63) is 0 Å². The van der Waals surface area contributed by atoms with Crippen LogP contribution in [0.5, 0.6) is 0 Å². The Balaban J connectivity index is 2.37. The van der Waals surface area contributed by atoms with Gasteiger partial charge in [-0.1, -0.05) is 64.1 Å². The average molecular weight is 164 g/mol. The minimum Gasteiger partial charge on any atom is -0.0688 e. The second kappa shape index (κ2) is 4.34. The Morgan fingerprint density at radius 1 is 1.08 bits per heavy atom. The molecule has 1 saturated carbocycles. The van der Waals surface area contributed by atoms with E-state index >= 15 is 0 Å². The summed E-state index contributed by atoms with van der Waals surface area (Å²) in [6.07, 6.45) is 9.28. The molecule has 0 aromatic heterocycles. The lowest BCUT2D eigenvalue weighted by molar-refractivity contribution is 0.456. The van der Waals surface area contributed by atoms with Crippen molar-refractivity contribution in [1.82, 2.24) is 0 Å². The monoisotopic (exact) mass is 164 g/mol. The van der Waals surface area contributed by atoms with Gasteiger partial charge in [0.15, 0.2) is 0 Å². The fourth-order valence-electron chi connectivity index (χ4n) is 2.15. The molecule has 0 bridgehead atoms. The van der Waals surface area contributed by atoms with Gasteiger partial charge in [-0.25, -0.2) is 0 Å². The summed E-state index contributed by atoms with van der Waals surface area (Å²) in [4.78, 5) is 0. The predicted octanol–water partition coefficient (Wildman–Crippen LogP) is 3.71. The highest BCUT2D eigenvalue weighted by Crippen LogP contribution is 2.36. The summed E-state index contributed by atoms with van der Waals surface area (Å²) in [6, 6.07) is 0. The van der Waals surface area contributed by atoms with Gasteiger partial charge in [0.05, 0.1) is 7.85 Å². The summed E-state index contributed by atoms with van der Waals surface area (Å²) in [5, 5.41) is 0.129. The third-order valence-electron chi connectivity index (χ3n) is 3.14. The minimum atomic E-state index is 0.129. The summed E-state index contributed by atoms with van der Waals surface area (Å²) in [5.74, 6) is 0.930. The maximum atomic E-state index is 6.16. The summed E-state index contributed by atoms with van der Waals surface area (Å²) >= 11 is 0. The van der Waals surface area contributed by atoms with Crippen molar-refractivity contribution < 1.29 is 0 Å². The quantitative estimate of drug-likeness (QED) is 0.478. The van der Waals surface area contributed by atoms with E-state index < -0.39 is 0 Å². The van der Waals surface area contributed by atoms with Gasteiger partial charge in [-0.3, -0.25) is 0 Å². The molecule has 1 fully saturated rings. The molecule has 0 aromatic carbocycles. The van der Waals surface area contributed by atoms with Crippen molar-refractivity contribution in [2.24, 2.45) is 5.92 Å². The molecule has 0 saturated heterocycles. The molecule has 0 heterocycles. The van der Waals surface area contributed by atoms with E-state index in [0.717, 1.165) is 5.92 Å². The zero-order chi connectivity index (χ0) is 9.03. The van der Waals surface area contributed by atoms with Gasteiger partial charge in [0, 0.05) is 0 Å². The van der Waals surface area contributed by atoms with Crippen LogP contribution in [0.2, 0.25) is 5.31 Å². The van der Waals surface area contributed by atoms with Gasteiger partial charge >= 0.3 is 0 Å². The molecule has 0 spiro atoms. The molecule has 0 N–H and O–H groups in total. The number of hydrogen-bond acceptors (Lipinski definition) is 0. The first-order chi connectivity index (χ1) is 5.60. The van der Waals surface area contributed by atoms with Crippen LogP contribution in [0.3, 0.4) is 0 Å². The molecule has 0 aliphatic heterocycles. The largest absolute Gasteiger partial charge is 0.0742 e. The normalized spacial score (nSPS) is 39.7. The van der Waals surface area contributed by atoms with Crippen LogP contribution in [-0.2, 0) is 0 Å². The zero-order valence-corrected chi connectivity index (χ0v) is 8.60. The highest BCUT2D eigenvalue weighted by Gasteiger charge is 2.18. The molecule has 0 aromatic rings. The van der Waals surface area contributed by atoms with Crippen LogP contribution in [0, 0.1) is 5.92 Å². The van der Waals surface area contributed by atoms with Crippen LogP contribution in [0.25, 0.3) is 0 Å². The predicted molar refractivity (Wildman–Crippen MR) is 55.6 cm³/mol. The molecular formula is C11H21B. The Hall–Kier alpha value is 0.0649. The van der Waals surface area contributed by atoms with Crippen molar-refractivity contribution in [3.8, 4) is 0 Å². The first-order valence-electron chi connectivity index (χ1n) is 5.39. The Bertz CT molecular complexity index is 129. The molecule has 2 radical (unpaired) electrons. The van der Waals surface area contributed by atoms with Crippen molar-refractivity contribution >= 4 is 7.85 Å². The molecule has 1 rings (SSSR count). The third-order valence-corrected chi connectivity index (χ3v) is 3.14. The van der Waals surface area contributed by atoms with Crippen molar-refractivity contribution in [2.75, 3.05) is 0 Å². The molecule has 2 unspecified atom stereocenters. The van der Waals surface area contributed by atoms with Gasteiger partial charge in [0.2, 0.25) is 0 Å². The Morgan fingerprint density at radius 3 is 2.42 bits per heavy atom. The van der Waals surface area contributed by atoms with Crippen LogP contribution in [0.15, 0.2) is 0 Å². The van der Waals surface area contributed by atoms with Gasteiger partial charge in [-0.15, -0.1) is 0 Å².